The molecule has 8 heteroatoms. The summed E-state index contributed by atoms with van der Waals surface area (Å²) in [6, 6.07) is 19.5. The Bertz CT molecular complexity index is 928. The van der Waals surface area contributed by atoms with Crippen molar-refractivity contribution >= 4 is 47.2 Å². The smallest absolute Gasteiger partial charge is 0.224 e. The van der Waals surface area contributed by atoms with Crippen LogP contribution in [0.25, 0.3) is 0 Å². The highest BCUT2D eigenvalue weighted by Crippen LogP contribution is 2.20. The number of carbonyl (C=O) groups is 1. The van der Waals surface area contributed by atoms with Crippen molar-refractivity contribution in [3.63, 3.8) is 0 Å². The SMILES string of the molecule is CN=C(NCCC(=O)N1CCN(c2ccccc2)CC1)NC1CCN(c2ccc(C)cc2)C1.I. The molecule has 2 N–H and O–H groups in total. The van der Waals surface area contributed by atoms with E-state index in [2.05, 4.69) is 80.9 Å². The van der Waals surface area contributed by atoms with Gasteiger partial charge in [0.2, 0.25) is 5.91 Å². The molecule has 0 bridgehead atoms. The first kappa shape index (κ1) is 26.1. The third-order valence-electron chi connectivity index (χ3n) is 6.54. The summed E-state index contributed by atoms with van der Waals surface area (Å²) in [7, 11) is 1.78. The molecule has 7 nitrogen and oxygen atoms in total. The summed E-state index contributed by atoms with van der Waals surface area (Å²) < 4.78 is 0. The van der Waals surface area contributed by atoms with E-state index >= 15 is 0 Å². The van der Waals surface area contributed by atoms with Crippen LogP contribution in [-0.2, 0) is 4.79 Å². The van der Waals surface area contributed by atoms with Crippen LogP contribution in [0.5, 0.6) is 0 Å². The molecule has 2 aromatic rings. The number of piperazine rings is 1. The lowest BCUT2D eigenvalue weighted by molar-refractivity contribution is -0.131. The molecule has 4 rings (SSSR count). The monoisotopic (exact) mass is 576 g/mol. The third-order valence-corrected chi connectivity index (χ3v) is 6.54. The minimum absolute atomic E-state index is 0. The van der Waals surface area contributed by atoms with Gasteiger partial charge in [-0.15, -0.1) is 24.0 Å². The summed E-state index contributed by atoms with van der Waals surface area (Å²) >= 11 is 0. The highest BCUT2D eigenvalue weighted by atomic mass is 127. The maximum atomic E-state index is 12.7. The van der Waals surface area contributed by atoms with E-state index in [-0.39, 0.29) is 29.9 Å². The van der Waals surface area contributed by atoms with Gasteiger partial charge in [0, 0.05) is 76.7 Å². The minimum Gasteiger partial charge on any atom is -0.369 e. The summed E-state index contributed by atoms with van der Waals surface area (Å²) in [6.07, 6.45) is 1.55. The Balaban J connectivity index is 0.00000324. The first-order valence-electron chi connectivity index (χ1n) is 12.0. The molecule has 2 saturated heterocycles. The molecule has 0 aromatic heterocycles. The second-order valence-corrected chi connectivity index (χ2v) is 8.86. The molecule has 2 aliphatic heterocycles. The van der Waals surface area contributed by atoms with Crippen molar-refractivity contribution in [3.8, 4) is 0 Å². The lowest BCUT2D eigenvalue weighted by Gasteiger charge is -2.36. The zero-order valence-corrected chi connectivity index (χ0v) is 22.6. The van der Waals surface area contributed by atoms with Crippen molar-refractivity contribution in [2.24, 2.45) is 4.99 Å². The van der Waals surface area contributed by atoms with Crippen molar-refractivity contribution in [1.82, 2.24) is 15.5 Å². The fourth-order valence-corrected chi connectivity index (χ4v) is 4.55. The number of anilines is 2. The second-order valence-electron chi connectivity index (χ2n) is 8.86. The predicted molar refractivity (Wildman–Crippen MR) is 152 cm³/mol. The van der Waals surface area contributed by atoms with Gasteiger partial charge in [-0.05, 0) is 37.6 Å². The van der Waals surface area contributed by atoms with E-state index < -0.39 is 0 Å². The van der Waals surface area contributed by atoms with Crippen LogP contribution < -0.4 is 20.4 Å². The number of para-hydroxylation sites is 1. The molecule has 1 atom stereocenters. The van der Waals surface area contributed by atoms with Crippen LogP contribution in [-0.4, -0.2) is 75.7 Å². The van der Waals surface area contributed by atoms with Crippen molar-refractivity contribution in [2.45, 2.75) is 25.8 Å². The van der Waals surface area contributed by atoms with E-state index in [0.29, 0.717) is 19.0 Å². The zero-order chi connectivity index (χ0) is 23.0. The van der Waals surface area contributed by atoms with Gasteiger partial charge in [0.1, 0.15) is 0 Å². The average molecular weight is 577 g/mol. The molecule has 2 aromatic carbocycles. The van der Waals surface area contributed by atoms with Crippen LogP contribution >= 0.6 is 24.0 Å². The van der Waals surface area contributed by atoms with Crippen molar-refractivity contribution in [2.75, 3.05) is 62.7 Å². The maximum Gasteiger partial charge on any atom is 0.224 e. The lowest BCUT2D eigenvalue weighted by atomic mass is 10.2. The summed E-state index contributed by atoms with van der Waals surface area (Å²) in [5, 5.41) is 6.85. The van der Waals surface area contributed by atoms with Gasteiger partial charge in [-0.25, -0.2) is 0 Å². The average Bonchev–Trinajstić information content (AvgIpc) is 3.33. The van der Waals surface area contributed by atoms with Crippen molar-refractivity contribution in [3.05, 3.63) is 60.2 Å². The molecule has 2 fully saturated rings. The van der Waals surface area contributed by atoms with Gasteiger partial charge in [-0.1, -0.05) is 35.9 Å². The molecule has 0 spiro atoms. The van der Waals surface area contributed by atoms with E-state index in [0.717, 1.165) is 51.6 Å². The van der Waals surface area contributed by atoms with Crippen LogP contribution in [0.2, 0.25) is 0 Å². The van der Waals surface area contributed by atoms with Gasteiger partial charge in [0.25, 0.3) is 0 Å². The van der Waals surface area contributed by atoms with E-state index in [1.54, 1.807) is 7.05 Å². The van der Waals surface area contributed by atoms with Crippen LogP contribution in [0.15, 0.2) is 59.6 Å². The fourth-order valence-electron chi connectivity index (χ4n) is 4.55. The molecule has 2 aliphatic rings. The number of benzene rings is 2. The molecule has 1 unspecified atom stereocenters. The molecular formula is C26H37IN6O. The fraction of sp³-hybridized carbons (Fsp3) is 0.462. The number of aliphatic imine (C=N–C) groups is 1. The van der Waals surface area contributed by atoms with Gasteiger partial charge >= 0.3 is 0 Å². The summed E-state index contributed by atoms with van der Waals surface area (Å²) in [6.45, 7) is 8.00. The van der Waals surface area contributed by atoms with Crippen LogP contribution in [0.3, 0.4) is 0 Å². The molecule has 1 amide bonds. The van der Waals surface area contributed by atoms with Crippen LogP contribution in [0, 0.1) is 6.92 Å². The van der Waals surface area contributed by atoms with Gasteiger partial charge in [0.15, 0.2) is 5.96 Å². The number of guanidine groups is 1. The first-order valence-corrected chi connectivity index (χ1v) is 12.0. The molecule has 0 radical (unpaired) electrons. The number of nitrogens with zero attached hydrogens (tertiary/aromatic N) is 4. The number of aryl methyl sites for hydroxylation is 1. The van der Waals surface area contributed by atoms with Crippen LogP contribution in [0.1, 0.15) is 18.4 Å². The van der Waals surface area contributed by atoms with Crippen molar-refractivity contribution < 1.29 is 4.79 Å². The Hall–Kier alpha value is -2.49. The molecule has 2 heterocycles. The maximum absolute atomic E-state index is 12.7. The molecular weight excluding hydrogens is 539 g/mol. The zero-order valence-electron chi connectivity index (χ0n) is 20.2. The van der Waals surface area contributed by atoms with Gasteiger partial charge in [-0.3, -0.25) is 9.79 Å². The number of nitrogens with one attached hydrogen (secondary N) is 2. The number of hydrogen-bond donors (Lipinski definition) is 2. The van der Waals surface area contributed by atoms with Gasteiger partial charge in [0.05, 0.1) is 0 Å². The first-order chi connectivity index (χ1) is 16.1. The van der Waals surface area contributed by atoms with Gasteiger partial charge < -0.3 is 25.3 Å². The van der Waals surface area contributed by atoms with Gasteiger partial charge in [-0.2, -0.15) is 0 Å². The Morgan fingerprint density at radius 3 is 2.29 bits per heavy atom. The Labute approximate surface area is 220 Å². The Kier molecular flexibility index (Phi) is 9.86. The number of rotatable bonds is 6. The highest BCUT2D eigenvalue weighted by Gasteiger charge is 2.24. The summed E-state index contributed by atoms with van der Waals surface area (Å²) in [5.74, 6) is 0.976. The number of amides is 1. The lowest BCUT2D eigenvalue weighted by Crippen LogP contribution is -2.50. The molecule has 0 saturated carbocycles. The largest absolute Gasteiger partial charge is 0.369 e. The molecule has 184 valence electrons. The molecule has 0 aliphatic carbocycles. The van der Waals surface area contributed by atoms with Crippen molar-refractivity contribution in [1.29, 1.82) is 0 Å². The number of halogens is 1. The number of carbonyl (C=O) groups excluding carboxylic acids is 1. The van der Waals surface area contributed by atoms with E-state index in [9.17, 15) is 4.79 Å². The Morgan fingerprint density at radius 1 is 0.941 bits per heavy atom. The number of hydrogen-bond acceptors (Lipinski definition) is 4. The molecule has 34 heavy (non-hydrogen) atoms. The van der Waals surface area contributed by atoms with Crippen LogP contribution in [0.4, 0.5) is 11.4 Å². The highest BCUT2D eigenvalue weighted by molar-refractivity contribution is 14.0. The normalized spacial score (nSPS) is 18.5. The predicted octanol–water partition coefficient (Wildman–Crippen LogP) is 3.10. The second kappa shape index (κ2) is 12.8. The minimum atomic E-state index is 0. The topological polar surface area (TPSA) is 63.2 Å². The summed E-state index contributed by atoms with van der Waals surface area (Å²) in [4.78, 5) is 23.8. The quantitative estimate of drug-likeness (QED) is 0.315. The standard InChI is InChI=1S/C26H36N6O.HI/c1-21-8-10-24(11-9-21)32-15-13-22(20-32)29-26(27-2)28-14-12-25(33)31-18-16-30(17-19-31)23-6-4-3-5-7-23;/h3-11,22H,12-20H2,1-2H3,(H2,27,28,29);1H. The van der Waals surface area contributed by atoms with E-state index in [4.69, 9.17) is 0 Å². The third kappa shape index (κ3) is 7.01. The summed E-state index contributed by atoms with van der Waals surface area (Å²) in [5.41, 5.74) is 3.78. The van der Waals surface area contributed by atoms with E-state index in [1.807, 2.05) is 11.0 Å². The Morgan fingerprint density at radius 2 is 1.62 bits per heavy atom. The van der Waals surface area contributed by atoms with E-state index in [1.165, 1.54) is 16.9 Å².